The van der Waals surface area contributed by atoms with Gasteiger partial charge >= 0.3 is 0 Å². The maximum atomic E-state index is 9.08. The van der Waals surface area contributed by atoms with Gasteiger partial charge in [0.05, 0.1) is 18.9 Å². The average molecular weight is 370 g/mol. The molecule has 3 aromatic rings. The fourth-order valence-electron chi connectivity index (χ4n) is 3.15. The number of hydrogen-bond donors (Lipinski definition) is 2. The summed E-state index contributed by atoms with van der Waals surface area (Å²) in [5.41, 5.74) is 3.51. The Labute approximate surface area is 156 Å². The normalized spacial score (nSPS) is 16.7. The number of hydrogen-bond acceptors (Lipinski definition) is 9. The van der Waals surface area contributed by atoms with Crippen molar-refractivity contribution in [2.45, 2.75) is 18.9 Å². The fraction of sp³-hybridized carbons (Fsp3) is 0.444. The second-order valence-corrected chi connectivity index (χ2v) is 6.63. The molecule has 2 aromatic heterocycles. The summed E-state index contributed by atoms with van der Waals surface area (Å²) in [6.45, 7) is 2.51. The number of anilines is 2. The second kappa shape index (κ2) is 7.85. The Bertz CT molecular complexity index is 909. The van der Waals surface area contributed by atoms with E-state index in [1.807, 2.05) is 31.3 Å². The van der Waals surface area contributed by atoms with Crippen LogP contribution < -0.4 is 10.2 Å². The van der Waals surface area contributed by atoms with Gasteiger partial charge in [-0.05, 0) is 34.4 Å². The first-order valence-electron chi connectivity index (χ1n) is 8.97. The van der Waals surface area contributed by atoms with Crippen molar-refractivity contribution >= 4 is 22.8 Å². The lowest BCUT2D eigenvalue weighted by Crippen LogP contribution is -2.20. The molecule has 1 aromatic carbocycles. The van der Waals surface area contributed by atoms with Crippen LogP contribution in [0.25, 0.3) is 11.0 Å². The van der Waals surface area contributed by atoms with Gasteiger partial charge in [-0.15, -0.1) is 0 Å². The van der Waals surface area contributed by atoms with E-state index >= 15 is 0 Å². The summed E-state index contributed by atoms with van der Waals surface area (Å²) in [4.78, 5) is 11.3. The molecule has 9 nitrogen and oxygen atoms in total. The fourth-order valence-corrected chi connectivity index (χ4v) is 3.15. The highest BCUT2D eigenvalue weighted by Gasteiger charge is 2.21. The minimum atomic E-state index is 0.0249. The van der Waals surface area contributed by atoms with Gasteiger partial charge in [-0.2, -0.15) is 4.98 Å². The van der Waals surface area contributed by atoms with Crippen LogP contribution in [-0.2, 0) is 11.3 Å². The van der Waals surface area contributed by atoms with Crippen molar-refractivity contribution in [1.82, 2.24) is 20.3 Å². The summed E-state index contributed by atoms with van der Waals surface area (Å²) >= 11 is 0. The zero-order chi connectivity index (χ0) is 18.6. The summed E-state index contributed by atoms with van der Waals surface area (Å²) in [7, 11) is 1.98. The Morgan fingerprint density at radius 2 is 2.11 bits per heavy atom. The lowest BCUT2D eigenvalue weighted by molar-refractivity contribution is 0.193. The minimum absolute atomic E-state index is 0.0249. The first kappa shape index (κ1) is 17.6. The van der Waals surface area contributed by atoms with Crippen molar-refractivity contribution in [3.05, 3.63) is 35.5 Å². The molecule has 1 aliphatic heterocycles. The van der Waals surface area contributed by atoms with Crippen molar-refractivity contribution in [3.8, 4) is 0 Å². The Morgan fingerprint density at radius 1 is 1.22 bits per heavy atom. The Balaban J connectivity index is 1.58. The Hall–Kier alpha value is -2.78. The van der Waals surface area contributed by atoms with E-state index in [1.54, 1.807) is 0 Å². The molecule has 9 heteroatoms. The maximum Gasteiger partial charge on any atom is 0.224 e. The molecule has 1 fully saturated rings. The number of nitrogens with one attached hydrogen (secondary N) is 1. The Morgan fingerprint density at radius 3 is 2.93 bits per heavy atom. The molecule has 0 spiro atoms. The molecule has 1 atom stereocenters. The quantitative estimate of drug-likeness (QED) is 0.640. The summed E-state index contributed by atoms with van der Waals surface area (Å²) in [6, 6.07) is 7.87. The highest BCUT2D eigenvalue weighted by atomic mass is 16.6. The van der Waals surface area contributed by atoms with Crippen LogP contribution in [-0.4, -0.2) is 58.8 Å². The number of benzene rings is 1. The predicted molar refractivity (Wildman–Crippen MR) is 99.7 cm³/mol. The van der Waals surface area contributed by atoms with E-state index in [2.05, 4.69) is 30.5 Å². The molecule has 0 aliphatic carbocycles. The van der Waals surface area contributed by atoms with Crippen LogP contribution in [0.3, 0.4) is 0 Å². The summed E-state index contributed by atoms with van der Waals surface area (Å²) in [5.74, 6) is 1.60. The summed E-state index contributed by atoms with van der Waals surface area (Å²) in [6.07, 6.45) is 0.954. The topological polar surface area (TPSA) is 109 Å². The lowest BCUT2D eigenvalue weighted by Gasteiger charge is -2.21. The van der Waals surface area contributed by atoms with Gasteiger partial charge in [-0.1, -0.05) is 6.07 Å². The van der Waals surface area contributed by atoms with E-state index in [0.717, 1.165) is 41.1 Å². The van der Waals surface area contributed by atoms with E-state index in [4.69, 9.17) is 14.5 Å². The zero-order valence-electron chi connectivity index (χ0n) is 15.1. The van der Waals surface area contributed by atoms with Crippen molar-refractivity contribution in [2.24, 2.45) is 0 Å². The van der Waals surface area contributed by atoms with Crippen molar-refractivity contribution in [2.75, 3.05) is 43.6 Å². The molecule has 142 valence electrons. The van der Waals surface area contributed by atoms with Crippen molar-refractivity contribution in [3.63, 3.8) is 0 Å². The van der Waals surface area contributed by atoms with Crippen LogP contribution in [0.2, 0.25) is 0 Å². The number of aliphatic hydroxyl groups excluding tert-OH is 1. The summed E-state index contributed by atoms with van der Waals surface area (Å²) in [5, 5.41) is 19.9. The first-order valence-corrected chi connectivity index (χ1v) is 8.97. The molecule has 4 rings (SSSR count). The van der Waals surface area contributed by atoms with E-state index < -0.39 is 0 Å². The van der Waals surface area contributed by atoms with Crippen LogP contribution in [0, 0.1) is 0 Å². The SMILES string of the molecule is CN(Cc1ccc2nonc2c1)c1cc(C2CCOC2)nc(NCCO)n1. The van der Waals surface area contributed by atoms with Gasteiger partial charge in [0.2, 0.25) is 5.95 Å². The second-order valence-electron chi connectivity index (χ2n) is 6.63. The Kier molecular flexibility index (Phi) is 5.12. The largest absolute Gasteiger partial charge is 0.395 e. The molecule has 2 N–H and O–H groups in total. The molecule has 0 saturated carbocycles. The molecular formula is C18H22N6O3. The first-order chi connectivity index (χ1) is 13.2. The van der Waals surface area contributed by atoms with Gasteiger partial charge in [-0.25, -0.2) is 9.61 Å². The highest BCUT2D eigenvalue weighted by Crippen LogP contribution is 2.27. The molecule has 3 heterocycles. The van der Waals surface area contributed by atoms with Crippen LogP contribution in [0.4, 0.5) is 11.8 Å². The third-order valence-corrected chi connectivity index (χ3v) is 4.60. The average Bonchev–Trinajstić information content (AvgIpc) is 3.37. The highest BCUT2D eigenvalue weighted by molar-refractivity contribution is 5.73. The van der Waals surface area contributed by atoms with E-state index in [-0.39, 0.29) is 12.5 Å². The van der Waals surface area contributed by atoms with Gasteiger partial charge < -0.3 is 20.1 Å². The molecule has 0 radical (unpaired) electrons. The number of nitrogens with zero attached hydrogens (tertiary/aromatic N) is 5. The molecule has 0 bridgehead atoms. The predicted octanol–water partition coefficient (Wildman–Crippen LogP) is 1.56. The number of rotatable bonds is 7. The molecular weight excluding hydrogens is 348 g/mol. The van der Waals surface area contributed by atoms with Gasteiger partial charge in [0.1, 0.15) is 16.9 Å². The number of ether oxygens (including phenoxy) is 1. The van der Waals surface area contributed by atoms with E-state index in [9.17, 15) is 0 Å². The van der Waals surface area contributed by atoms with Gasteiger partial charge in [0, 0.05) is 38.7 Å². The lowest BCUT2D eigenvalue weighted by atomic mass is 10.0. The molecule has 1 aliphatic rings. The third kappa shape index (κ3) is 3.99. The molecule has 27 heavy (non-hydrogen) atoms. The third-order valence-electron chi connectivity index (χ3n) is 4.60. The summed E-state index contributed by atoms with van der Waals surface area (Å²) < 4.78 is 10.3. The molecule has 1 unspecified atom stereocenters. The van der Waals surface area contributed by atoms with Crippen molar-refractivity contribution in [1.29, 1.82) is 0 Å². The molecule has 0 amide bonds. The van der Waals surface area contributed by atoms with Gasteiger partial charge in [0.25, 0.3) is 0 Å². The number of aromatic nitrogens is 4. The van der Waals surface area contributed by atoms with Gasteiger partial charge in [0.15, 0.2) is 0 Å². The van der Waals surface area contributed by atoms with Gasteiger partial charge in [-0.3, -0.25) is 0 Å². The maximum absolute atomic E-state index is 9.08. The smallest absolute Gasteiger partial charge is 0.224 e. The number of fused-ring (bicyclic) bond motifs is 1. The monoisotopic (exact) mass is 370 g/mol. The van der Waals surface area contributed by atoms with Crippen LogP contribution in [0.5, 0.6) is 0 Å². The van der Waals surface area contributed by atoms with E-state index in [1.165, 1.54) is 0 Å². The minimum Gasteiger partial charge on any atom is -0.395 e. The van der Waals surface area contributed by atoms with Crippen LogP contribution in [0.15, 0.2) is 28.9 Å². The van der Waals surface area contributed by atoms with Crippen LogP contribution in [0.1, 0.15) is 23.6 Å². The van der Waals surface area contributed by atoms with Crippen molar-refractivity contribution < 1.29 is 14.5 Å². The zero-order valence-corrected chi connectivity index (χ0v) is 15.1. The standard InChI is InChI=1S/C18H22N6O3/c1-24(10-12-2-3-14-16(8-12)23-27-22-14)17-9-15(13-4-7-26-11-13)20-18(21-17)19-5-6-25/h2-3,8-9,13,25H,4-7,10-11H2,1H3,(H,19,20,21). The molecule has 1 saturated heterocycles. The van der Waals surface area contributed by atoms with Crippen LogP contribution >= 0.6 is 0 Å². The number of aliphatic hydroxyl groups is 1. The van der Waals surface area contributed by atoms with E-state index in [0.29, 0.717) is 25.6 Å².